The van der Waals surface area contributed by atoms with E-state index in [-0.39, 0.29) is 6.61 Å². The van der Waals surface area contributed by atoms with Crippen LogP contribution in [0, 0.1) is 0 Å². The van der Waals surface area contributed by atoms with Crippen molar-refractivity contribution in [3.63, 3.8) is 0 Å². The monoisotopic (exact) mass is 298 g/mol. The molecule has 16 heavy (non-hydrogen) atoms. The zero-order chi connectivity index (χ0) is 11.7. The van der Waals surface area contributed by atoms with Crippen molar-refractivity contribution in [1.82, 2.24) is 0 Å². The minimum Gasteiger partial charge on any atom is -0.497 e. The van der Waals surface area contributed by atoms with Gasteiger partial charge in [0.05, 0.1) is 13.7 Å². The number of aliphatic hydroxyl groups is 1. The van der Waals surface area contributed by atoms with Crippen LogP contribution in [0.2, 0.25) is 0 Å². The van der Waals surface area contributed by atoms with E-state index in [9.17, 15) is 5.11 Å². The third-order valence-electron chi connectivity index (χ3n) is 2.41. The van der Waals surface area contributed by atoms with Crippen molar-refractivity contribution in [2.24, 2.45) is 0 Å². The molecule has 0 amide bonds. The lowest BCUT2D eigenvalue weighted by Gasteiger charge is -2.03. The minimum absolute atomic E-state index is 0.0560. The third kappa shape index (κ3) is 1.88. The number of rotatable bonds is 3. The van der Waals surface area contributed by atoms with Gasteiger partial charge in [-0.1, -0.05) is 6.58 Å². The summed E-state index contributed by atoms with van der Waals surface area (Å²) in [5, 5.41) is 10.3. The summed E-state index contributed by atoms with van der Waals surface area (Å²) < 4.78 is 7.20. The molecule has 0 aliphatic carbocycles. The first kappa shape index (κ1) is 11.6. The maximum Gasteiger partial charge on any atom is 0.118 e. The molecule has 0 saturated carbocycles. The Hall–Kier alpha value is -0.840. The quantitative estimate of drug-likeness (QED) is 0.874. The Morgan fingerprint density at radius 2 is 2.31 bits per heavy atom. The van der Waals surface area contributed by atoms with Crippen LogP contribution in [0.5, 0.6) is 0 Å². The number of aliphatic hydroxyl groups excluding tert-OH is 1. The van der Waals surface area contributed by atoms with Crippen LogP contribution < -0.4 is 0 Å². The number of benzene rings is 1. The Bertz CT molecular complexity index is 545. The fraction of sp³-hybridized carbons (Fsp3) is 0.167. The van der Waals surface area contributed by atoms with Crippen LogP contribution in [0.4, 0.5) is 0 Å². The summed E-state index contributed by atoms with van der Waals surface area (Å²) in [5.41, 5.74) is 0.956. The highest BCUT2D eigenvalue weighted by atomic mass is 79.9. The van der Waals surface area contributed by atoms with Crippen LogP contribution >= 0.6 is 27.3 Å². The predicted molar refractivity (Wildman–Crippen MR) is 71.5 cm³/mol. The Morgan fingerprint density at radius 1 is 1.56 bits per heavy atom. The van der Waals surface area contributed by atoms with E-state index in [1.165, 1.54) is 0 Å². The summed E-state index contributed by atoms with van der Waals surface area (Å²) in [7, 11) is 1.61. The molecule has 4 heteroatoms. The second-order valence-corrected chi connectivity index (χ2v) is 5.27. The summed E-state index contributed by atoms with van der Waals surface area (Å²) >= 11 is 5.08. The maximum absolute atomic E-state index is 9.18. The molecule has 0 aliphatic heterocycles. The van der Waals surface area contributed by atoms with Crippen molar-refractivity contribution in [1.29, 1.82) is 0 Å². The predicted octanol–water partition coefficient (Wildman–Crippen LogP) is 3.77. The maximum atomic E-state index is 9.18. The van der Waals surface area contributed by atoms with E-state index in [1.54, 1.807) is 18.4 Å². The van der Waals surface area contributed by atoms with Crippen LogP contribution in [0.15, 0.2) is 29.3 Å². The molecule has 0 radical (unpaired) electrons. The van der Waals surface area contributed by atoms with Gasteiger partial charge in [-0.15, -0.1) is 11.3 Å². The number of hydrogen-bond acceptors (Lipinski definition) is 3. The van der Waals surface area contributed by atoms with Crippen molar-refractivity contribution < 1.29 is 9.84 Å². The summed E-state index contributed by atoms with van der Waals surface area (Å²) in [5.74, 6) is 0.644. The fourth-order valence-electron chi connectivity index (χ4n) is 1.51. The molecular formula is C12H11BrO2S. The van der Waals surface area contributed by atoms with Gasteiger partial charge in [0.25, 0.3) is 0 Å². The summed E-state index contributed by atoms with van der Waals surface area (Å²) in [4.78, 5) is 0.940. The SMILES string of the molecule is C=C(OC)c1ccc2sc(CO)c(Br)c2c1. The molecule has 0 saturated heterocycles. The highest BCUT2D eigenvalue weighted by Crippen LogP contribution is 2.36. The molecule has 0 aliphatic rings. The van der Waals surface area contributed by atoms with Crippen LogP contribution in [0.25, 0.3) is 15.8 Å². The standard InChI is InChI=1S/C12H11BrO2S/c1-7(15-2)8-3-4-10-9(5-8)12(13)11(6-14)16-10/h3-5,14H,1,6H2,2H3. The first-order valence-electron chi connectivity index (χ1n) is 4.72. The van der Waals surface area contributed by atoms with Gasteiger partial charge in [0, 0.05) is 25.0 Å². The van der Waals surface area contributed by atoms with Crippen molar-refractivity contribution in [3.8, 4) is 0 Å². The van der Waals surface area contributed by atoms with Gasteiger partial charge in [-0.25, -0.2) is 0 Å². The Morgan fingerprint density at radius 3 is 2.94 bits per heavy atom. The number of fused-ring (bicyclic) bond motifs is 1. The van der Waals surface area contributed by atoms with E-state index in [4.69, 9.17) is 4.74 Å². The molecule has 0 atom stereocenters. The number of methoxy groups -OCH3 is 1. The van der Waals surface area contributed by atoms with Gasteiger partial charge in [-0.05, 0) is 34.1 Å². The van der Waals surface area contributed by atoms with Gasteiger partial charge < -0.3 is 9.84 Å². The van der Waals surface area contributed by atoms with E-state index in [1.807, 2.05) is 18.2 Å². The summed E-state index contributed by atoms with van der Waals surface area (Å²) in [6.07, 6.45) is 0. The molecule has 2 rings (SSSR count). The second kappa shape index (κ2) is 4.57. The molecule has 1 aromatic carbocycles. The molecule has 0 bridgehead atoms. The molecule has 1 N–H and O–H groups in total. The molecule has 2 aromatic rings. The normalized spacial score (nSPS) is 10.7. The van der Waals surface area contributed by atoms with Gasteiger partial charge in [0.15, 0.2) is 0 Å². The molecule has 84 valence electrons. The Kier molecular flexibility index (Phi) is 3.33. The zero-order valence-electron chi connectivity index (χ0n) is 8.79. The first-order chi connectivity index (χ1) is 7.67. The van der Waals surface area contributed by atoms with E-state index in [2.05, 4.69) is 22.5 Å². The Labute approximate surface area is 106 Å². The average Bonchev–Trinajstić information content (AvgIpc) is 2.64. The molecule has 1 aromatic heterocycles. The molecular weight excluding hydrogens is 288 g/mol. The molecule has 0 unspecified atom stereocenters. The summed E-state index contributed by atoms with van der Waals surface area (Å²) in [6, 6.07) is 6.00. The van der Waals surface area contributed by atoms with Crippen molar-refractivity contribution in [2.75, 3.05) is 7.11 Å². The van der Waals surface area contributed by atoms with Gasteiger partial charge in [0.2, 0.25) is 0 Å². The van der Waals surface area contributed by atoms with Crippen molar-refractivity contribution in [2.45, 2.75) is 6.61 Å². The second-order valence-electron chi connectivity index (χ2n) is 3.34. The highest BCUT2D eigenvalue weighted by Gasteiger charge is 2.10. The Balaban J connectivity index is 2.61. The van der Waals surface area contributed by atoms with E-state index >= 15 is 0 Å². The summed E-state index contributed by atoms with van der Waals surface area (Å²) in [6.45, 7) is 3.88. The fourth-order valence-corrected chi connectivity index (χ4v) is 3.28. The van der Waals surface area contributed by atoms with E-state index in [0.717, 1.165) is 25.0 Å². The van der Waals surface area contributed by atoms with E-state index < -0.39 is 0 Å². The average molecular weight is 299 g/mol. The van der Waals surface area contributed by atoms with Crippen LogP contribution in [0.1, 0.15) is 10.4 Å². The minimum atomic E-state index is 0.0560. The number of hydrogen-bond donors (Lipinski definition) is 1. The van der Waals surface area contributed by atoms with Crippen LogP contribution in [0.3, 0.4) is 0 Å². The zero-order valence-corrected chi connectivity index (χ0v) is 11.2. The van der Waals surface area contributed by atoms with Gasteiger partial charge in [-0.2, -0.15) is 0 Å². The lowest BCUT2D eigenvalue weighted by Crippen LogP contribution is -1.84. The largest absolute Gasteiger partial charge is 0.497 e. The number of thiophene rings is 1. The van der Waals surface area contributed by atoms with Crippen LogP contribution in [-0.4, -0.2) is 12.2 Å². The van der Waals surface area contributed by atoms with Gasteiger partial charge in [-0.3, -0.25) is 0 Å². The molecule has 1 heterocycles. The lowest BCUT2D eigenvalue weighted by molar-refractivity contribution is 0.285. The molecule has 0 spiro atoms. The topological polar surface area (TPSA) is 29.5 Å². The van der Waals surface area contributed by atoms with Gasteiger partial charge in [0.1, 0.15) is 5.76 Å². The van der Waals surface area contributed by atoms with Crippen LogP contribution in [-0.2, 0) is 11.3 Å². The highest BCUT2D eigenvalue weighted by molar-refractivity contribution is 9.10. The number of ether oxygens (including phenoxy) is 1. The van der Waals surface area contributed by atoms with Crippen molar-refractivity contribution in [3.05, 3.63) is 39.7 Å². The first-order valence-corrected chi connectivity index (χ1v) is 6.33. The molecule has 0 fully saturated rings. The smallest absolute Gasteiger partial charge is 0.118 e. The van der Waals surface area contributed by atoms with Crippen molar-refractivity contribution >= 4 is 43.1 Å². The van der Waals surface area contributed by atoms with E-state index in [0.29, 0.717) is 5.76 Å². The number of halogens is 1. The third-order valence-corrected chi connectivity index (χ3v) is 4.73. The van der Waals surface area contributed by atoms with Gasteiger partial charge >= 0.3 is 0 Å². The lowest BCUT2D eigenvalue weighted by atomic mass is 10.1. The molecule has 2 nitrogen and oxygen atoms in total.